The van der Waals surface area contributed by atoms with Gasteiger partial charge in [0, 0.05) is 6.42 Å². The molecule has 4 nitrogen and oxygen atoms in total. The average molecular weight is 473 g/mol. The molecule has 0 aliphatic rings. The molecule has 0 aliphatic carbocycles. The quantitative estimate of drug-likeness (QED) is 0.0929. The second-order valence-corrected chi connectivity index (χ2v) is 10.2. The topological polar surface area (TPSA) is 52.6 Å². The maximum Gasteiger partial charge on any atom is 0.311 e. The van der Waals surface area contributed by atoms with Gasteiger partial charge in [-0.3, -0.25) is 9.59 Å². The SMILES string of the molecule is CCCCCCCC/C=C\CCCCCCCC(=O)Oc1ccc(CC(=O)OC(C)(C)C)cc1. The summed E-state index contributed by atoms with van der Waals surface area (Å²) in [4.78, 5) is 24.0. The van der Waals surface area contributed by atoms with Crippen LogP contribution in [0.2, 0.25) is 0 Å². The fourth-order valence-electron chi connectivity index (χ4n) is 3.74. The molecule has 0 aliphatic heterocycles. The van der Waals surface area contributed by atoms with Gasteiger partial charge in [0.25, 0.3) is 0 Å². The monoisotopic (exact) mass is 472 g/mol. The largest absolute Gasteiger partial charge is 0.460 e. The Morgan fingerprint density at radius 1 is 0.735 bits per heavy atom. The number of esters is 2. The maximum atomic E-state index is 12.1. The predicted molar refractivity (Wildman–Crippen MR) is 141 cm³/mol. The lowest BCUT2D eigenvalue weighted by Gasteiger charge is -2.19. The number of hydrogen-bond acceptors (Lipinski definition) is 4. The molecule has 0 unspecified atom stereocenters. The summed E-state index contributed by atoms with van der Waals surface area (Å²) in [5.74, 6) is 0.0599. The van der Waals surface area contributed by atoms with Crippen LogP contribution >= 0.6 is 0 Å². The summed E-state index contributed by atoms with van der Waals surface area (Å²) in [7, 11) is 0. The van der Waals surface area contributed by atoms with Crippen LogP contribution in [0.1, 0.15) is 123 Å². The zero-order valence-electron chi connectivity index (χ0n) is 22.2. The van der Waals surface area contributed by atoms with Gasteiger partial charge in [0.1, 0.15) is 11.4 Å². The lowest BCUT2D eigenvalue weighted by molar-refractivity contribution is -0.154. The third-order valence-corrected chi connectivity index (χ3v) is 5.57. The fourth-order valence-corrected chi connectivity index (χ4v) is 3.74. The van der Waals surface area contributed by atoms with E-state index in [0.717, 1.165) is 24.8 Å². The van der Waals surface area contributed by atoms with Gasteiger partial charge < -0.3 is 9.47 Å². The van der Waals surface area contributed by atoms with Crippen molar-refractivity contribution in [3.05, 3.63) is 42.0 Å². The molecular formula is C30H48O4. The van der Waals surface area contributed by atoms with Crippen LogP contribution in [0, 0.1) is 0 Å². The number of carbonyl (C=O) groups is 2. The van der Waals surface area contributed by atoms with Gasteiger partial charge in [-0.25, -0.2) is 0 Å². The van der Waals surface area contributed by atoms with Crippen LogP contribution in [0.15, 0.2) is 36.4 Å². The third kappa shape index (κ3) is 17.4. The second-order valence-electron chi connectivity index (χ2n) is 10.2. The zero-order chi connectivity index (χ0) is 25.1. The molecule has 0 saturated carbocycles. The van der Waals surface area contributed by atoms with Crippen LogP contribution in [-0.2, 0) is 20.7 Å². The number of rotatable bonds is 18. The molecule has 0 aromatic heterocycles. The van der Waals surface area contributed by atoms with Crippen LogP contribution in [0.4, 0.5) is 0 Å². The van der Waals surface area contributed by atoms with Crippen LogP contribution in [-0.4, -0.2) is 17.5 Å². The van der Waals surface area contributed by atoms with Gasteiger partial charge >= 0.3 is 11.9 Å². The summed E-state index contributed by atoms with van der Waals surface area (Å²) in [5.41, 5.74) is 0.350. The number of hydrogen-bond donors (Lipinski definition) is 0. The number of unbranched alkanes of at least 4 members (excludes halogenated alkanes) is 11. The van der Waals surface area contributed by atoms with E-state index in [-0.39, 0.29) is 18.4 Å². The molecule has 0 atom stereocenters. The molecular weight excluding hydrogens is 424 g/mol. The minimum Gasteiger partial charge on any atom is -0.460 e. The highest BCUT2D eigenvalue weighted by atomic mass is 16.6. The Kier molecular flexibility index (Phi) is 16.1. The molecule has 4 heteroatoms. The predicted octanol–water partition coefficient (Wildman–Crippen LogP) is 8.51. The lowest BCUT2D eigenvalue weighted by Crippen LogP contribution is -2.24. The van der Waals surface area contributed by atoms with E-state index in [1.807, 2.05) is 20.8 Å². The molecule has 0 spiro atoms. The summed E-state index contributed by atoms with van der Waals surface area (Å²) in [5, 5.41) is 0. The van der Waals surface area contributed by atoms with Gasteiger partial charge in [-0.05, 0) is 70.6 Å². The molecule has 0 saturated heterocycles. The lowest BCUT2D eigenvalue weighted by atomic mass is 10.1. The minimum atomic E-state index is -0.490. The van der Waals surface area contributed by atoms with E-state index < -0.39 is 5.60 Å². The van der Waals surface area contributed by atoms with Crippen molar-refractivity contribution in [1.82, 2.24) is 0 Å². The Balaban J connectivity index is 2.03. The molecule has 0 fully saturated rings. The Bertz CT molecular complexity index is 698. The van der Waals surface area contributed by atoms with E-state index in [1.165, 1.54) is 64.2 Å². The maximum absolute atomic E-state index is 12.1. The first-order chi connectivity index (χ1) is 16.3. The van der Waals surface area contributed by atoms with Crippen molar-refractivity contribution in [2.75, 3.05) is 0 Å². The van der Waals surface area contributed by atoms with Crippen molar-refractivity contribution in [2.24, 2.45) is 0 Å². The van der Waals surface area contributed by atoms with Crippen LogP contribution in [0.5, 0.6) is 5.75 Å². The number of carbonyl (C=O) groups excluding carboxylic acids is 2. The highest BCUT2D eigenvalue weighted by Crippen LogP contribution is 2.16. The first kappa shape index (κ1) is 29.9. The van der Waals surface area contributed by atoms with Gasteiger partial charge in [0.15, 0.2) is 0 Å². The van der Waals surface area contributed by atoms with E-state index >= 15 is 0 Å². The summed E-state index contributed by atoms with van der Waals surface area (Å²) in [6.07, 6.45) is 21.4. The zero-order valence-corrected chi connectivity index (χ0v) is 22.2. The Morgan fingerprint density at radius 2 is 1.26 bits per heavy atom. The third-order valence-electron chi connectivity index (χ3n) is 5.57. The average Bonchev–Trinajstić information content (AvgIpc) is 2.76. The molecule has 0 N–H and O–H groups in total. The molecule has 34 heavy (non-hydrogen) atoms. The molecule has 1 aromatic rings. The van der Waals surface area contributed by atoms with Gasteiger partial charge in [-0.2, -0.15) is 0 Å². The number of ether oxygens (including phenoxy) is 2. The molecule has 0 heterocycles. The second kappa shape index (κ2) is 18.3. The van der Waals surface area contributed by atoms with Gasteiger partial charge in [0.2, 0.25) is 0 Å². The van der Waals surface area contributed by atoms with Crippen LogP contribution < -0.4 is 4.74 Å². The summed E-state index contributed by atoms with van der Waals surface area (Å²) in [6, 6.07) is 7.07. The Hall–Kier alpha value is -2.10. The summed E-state index contributed by atoms with van der Waals surface area (Å²) >= 11 is 0. The van der Waals surface area contributed by atoms with Gasteiger partial charge in [-0.1, -0.05) is 82.6 Å². The van der Waals surface area contributed by atoms with E-state index in [1.54, 1.807) is 24.3 Å². The van der Waals surface area contributed by atoms with Gasteiger partial charge in [0.05, 0.1) is 6.42 Å². The molecule has 1 aromatic carbocycles. The molecule has 0 bridgehead atoms. The van der Waals surface area contributed by atoms with Crippen molar-refractivity contribution in [3.8, 4) is 5.75 Å². The van der Waals surface area contributed by atoms with Crippen LogP contribution in [0.25, 0.3) is 0 Å². The standard InChI is InChI=1S/C30H48O4/c1-5-6-7-8-9-10-11-12-13-14-15-16-17-18-19-20-28(31)33-27-23-21-26(22-24-27)25-29(32)34-30(2,3)4/h12-13,21-24H,5-11,14-20,25H2,1-4H3/b13-12-. The summed E-state index contributed by atoms with van der Waals surface area (Å²) < 4.78 is 10.7. The first-order valence-corrected chi connectivity index (χ1v) is 13.5. The normalized spacial score (nSPS) is 11.6. The van der Waals surface area contributed by atoms with Crippen molar-refractivity contribution in [2.45, 2.75) is 130 Å². The van der Waals surface area contributed by atoms with Crippen molar-refractivity contribution in [3.63, 3.8) is 0 Å². The minimum absolute atomic E-state index is 0.197. The molecule has 0 amide bonds. The Morgan fingerprint density at radius 3 is 1.82 bits per heavy atom. The number of benzene rings is 1. The molecule has 1 rings (SSSR count). The molecule has 0 radical (unpaired) electrons. The van der Waals surface area contributed by atoms with Crippen molar-refractivity contribution in [1.29, 1.82) is 0 Å². The van der Waals surface area contributed by atoms with E-state index in [2.05, 4.69) is 19.1 Å². The smallest absolute Gasteiger partial charge is 0.311 e. The highest BCUT2D eigenvalue weighted by Gasteiger charge is 2.16. The van der Waals surface area contributed by atoms with E-state index in [4.69, 9.17) is 9.47 Å². The fraction of sp³-hybridized carbons (Fsp3) is 0.667. The molecule has 192 valence electrons. The van der Waals surface area contributed by atoms with E-state index in [0.29, 0.717) is 12.2 Å². The Labute approximate surface area is 208 Å². The van der Waals surface area contributed by atoms with Crippen molar-refractivity contribution < 1.29 is 19.1 Å². The van der Waals surface area contributed by atoms with Crippen molar-refractivity contribution >= 4 is 11.9 Å². The summed E-state index contributed by atoms with van der Waals surface area (Å²) in [6.45, 7) is 7.81. The van der Waals surface area contributed by atoms with Crippen LogP contribution in [0.3, 0.4) is 0 Å². The number of allylic oxidation sites excluding steroid dienone is 2. The first-order valence-electron chi connectivity index (χ1n) is 13.5. The van der Waals surface area contributed by atoms with Gasteiger partial charge in [-0.15, -0.1) is 0 Å². The van der Waals surface area contributed by atoms with E-state index in [9.17, 15) is 9.59 Å². The highest BCUT2D eigenvalue weighted by molar-refractivity contribution is 5.74.